The third kappa shape index (κ3) is 1.44. The summed E-state index contributed by atoms with van der Waals surface area (Å²) in [6.07, 6.45) is 2.42. The molecule has 18 heavy (non-hydrogen) atoms. The smallest absolute Gasteiger partial charge is 0.130 e. The number of nitrogens with zero attached hydrogens (tertiary/aromatic N) is 2. The van der Waals surface area contributed by atoms with Gasteiger partial charge in [0.15, 0.2) is 0 Å². The van der Waals surface area contributed by atoms with Gasteiger partial charge in [-0.05, 0) is 25.0 Å². The Morgan fingerprint density at radius 1 is 1.28 bits per heavy atom. The number of nitrogens with two attached hydrogens (primary N) is 1. The molecule has 0 unspecified atom stereocenters. The lowest BCUT2D eigenvalue weighted by atomic mass is 10.2. The van der Waals surface area contributed by atoms with Gasteiger partial charge in [0, 0.05) is 5.92 Å². The summed E-state index contributed by atoms with van der Waals surface area (Å²) >= 11 is 1.68. The quantitative estimate of drug-likeness (QED) is 0.740. The van der Waals surface area contributed by atoms with Gasteiger partial charge in [0.1, 0.15) is 10.8 Å². The summed E-state index contributed by atoms with van der Waals surface area (Å²) in [7, 11) is 0. The fraction of sp³-hybridized carbons (Fsp3) is 0.231. The molecule has 1 fully saturated rings. The van der Waals surface area contributed by atoms with Crippen LogP contribution in [0.2, 0.25) is 0 Å². The van der Waals surface area contributed by atoms with Crippen LogP contribution in [-0.4, -0.2) is 15.2 Å². The first-order valence-corrected chi connectivity index (χ1v) is 6.84. The molecule has 0 radical (unpaired) electrons. The van der Waals surface area contributed by atoms with E-state index in [1.165, 1.54) is 17.5 Å². The third-order valence-corrected chi connectivity index (χ3v) is 4.35. The fourth-order valence-corrected chi connectivity index (χ4v) is 3.26. The Balaban J connectivity index is 1.93. The minimum Gasteiger partial charge on any atom is -0.383 e. The maximum atomic E-state index is 6.01. The Morgan fingerprint density at radius 3 is 2.89 bits per heavy atom. The van der Waals surface area contributed by atoms with Gasteiger partial charge in [-0.2, -0.15) is 5.10 Å². The van der Waals surface area contributed by atoms with E-state index in [0.717, 1.165) is 21.8 Å². The topological polar surface area (TPSA) is 67.6 Å². The fourth-order valence-electron chi connectivity index (χ4n) is 2.23. The van der Waals surface area contributed by atoms with Crippen molar-refractivity contribution in [2.45, 2.75) is 18.8 Å². The van der Waals surface area contributed by atoms with Crippen molar-refractivity contribution in [3.63, 3.8) is 0 Å². The first-order chi connectivity index (χ1) is 8.83. The molecule has 4 nitrogen and oxygen atoms in total. The lowest BCUT2D eigenvalue weighted by molar-refractivity contribution is 0.968. The van der Waals surface area contributed by atoms with E-state index >= 15 is 0 Å². The minimum atomic E-state index is 0.570. The van der Waals surface area contributed by atoms with E-state index < -0.39 is 0 Å². The van der Waals surface area contributed by atoms with Crippen LogP contribution < -0.4 is 5.73 Å². The maximum Gasteiger partial charge on any atom is 0.130 e. The van der Waals surface area contributed by atoms with E-state index in [1.807, 2.05) is 18.2 Å². The van der Waals surface area contributed by atoms with Crippen molar-refractivity contribution in [1.82, 2.24) is 15.2 Å². The number of fused-ring (bicyclic) bond motifs is 1. The zero-order valence-electron chi connectivity index (χ0n) is 9.68. The minimum absolute atomic E-state index is 0.570. The molecule has 3 N–H and O–H groups in total. The Hall–Kier alpha value is -1.88. The number of hydrogen-bond donors (Lipinski definition) is 2. The third-order valence-electron chi connectivity index (χ3n) is 3.29. The SMILES string of the molecule is Nc1[nH]nc(C2CC2)c1-c1nc2ccccc2s1. The van der Waals surface area contributed by atoms with E-state index in [4.69, 9.17) is 5.73 Å². The summed E-state index contributed by atoms with van der Waals surface area (Å²) in [5, 5.41) is 8.21. The van der Waals surface area contributed by atoms with Crippen LogP contribution in [0, 0.1) is 0 Å². The molecule has 0 bridgehead atoms. The number of nitrogen functional groups attached to an aromatic ring is 1. The number of thiazole rings is 1. The van der Waals surface area contributed by atoms with E-state index in [0.29, 0.717) is 11.7 Å². The number of aromatic nitrogens is 3. The number of rotatable bonds is 2. The summed E-state index contributed by atoms with van der Waals surface area (Å²) in [6, 6.07) is 8.16. The molecule has 1 aromatic carbocycles. The Kier molecular flexibility index (Phi) is 1.99. The van der Waals surface area contributed by atoms with Crippen LogP contribution in [0.3, 0.4) is 0 Å². The van der Waals surface area contributed by atoms with Crippen molar-refractivity contribution in [2.24, 2.45) is 0 Å². The zero-order valence-corrected chi connectivity index (χ0v) is 10.5. The molecule has 0 atom stereocenters. The highest BCUT2D eigenvalue weighted by atomic mass is 32.1. The Morgan fingerprint density at radius 2 is 2.11 bits per heavy atom. The largest absolute Gasteiger partial charge is 0.383 e. The number of aromatic amines is 1. The first-order valence-electron chi connectivity index (χ1n) is 6.02. The van der Waals surface area contributed by atoms with Gasteiger partial charge < -0.3 is 5.73 Å². The number of hydrogen-bond acceptors (Lipinski definition) is 4. The van der Waals surface area contributed by atoms with Crippen LogP contribution in [0.15, 0.2) is 24.3 Å². The summed E-state index contributed by atoms with van der Waals surface area (Å²) in [5.74, 6) is 1.21. The molecule has 2 aromatic heterocycles. The van der Waals surface area contributed by atoms with Crippen LogP contribution in [0.4, 0.5) is 5.82 Å². The summed E-state index contributed by atoms with van der Waals surface area (Å²) in [6.45, 7) is 0. The van der Waals surface area contributed by atoms with Crippen LogP contribution in [0.5, 0.6) is 0 Å². The van der Waals surface area contributed by atoms with Crippen LogP contribution in [0.25, 0.3) is 20.8 Å². The van der Waals surface area contributed by atoms with Gasteiger partial charge in [-0.3, -0.25) is 5.10 Å². The van der Waals surface area contributed by atoms with Gasteiger partial charge in [0.25, 0.3) is 0 Å². The zero-order chi connectivity index (χ0) is 12.1. The molecule has 0 spiro atoms. The molecule has 0 saturated heterocycles. The second-order valence-corrected chi connectivity index (χ2v) is 5.69. The standard InChI is InChI=1S/C13H12N4S/c14-12-10(11(16-17-12)7-5-6-7)13-15-8-3-1-2-4-9(8)18-13/h1-4,7H,5-6H2,(H3,14,16,17). The summed E-state index contributed by atoms with van der Waals surface area (Å²) in [5.41, 5.74) is 9.14. The number of benzene rings is 1. The molecule has 0 amide bonds. The molecule has 90 valence electrons. The van der Waals surface area contributed by atoms with Crippen LogP contribution in [-0.2, 0) is 0 Å². The monoisotopic (exact) mass is 256 g/mol. The van der Waals surface area contributed by atoms with E-state index in [1.54, 1.807) is 11.3 Å². The van der Waals surface area contributed by atoms with Gasteiger partial charge in [-0.15, -0.1) is 11.3 Å². The van der Waals surface area contributed by atoms with Crippen molar-refractivity contribution in [3.05, 3.63) is 30.0 Å². The molecule has 1 aliphatic rings. The summed E-state index contributed by atoms with van der Waals surface area (Å²) in [4.78, 5) is 4.67. The Labute approximate surface area is 108 Å². The van der Waals surface area contributed by atoms with Crippen LogP contribution in [0.1, 0.15) is 24.5 Å². The predicted molar refractivity (Wildman–Crippen MR) is 73.6 cm³/mol. The lowest BCUT2D eigenvalue weighted by Crippen LogP contribution is -1.89. The van der Waals surface area contributed by atoms with Gasteiger partial charge >= 0.3 is 0 Å². The van der Waals surface area contributed by atoms with Gasteiger partial charge in [-0.25, -0.2) is 4.98 Å². The van der Waals surface area contributed by atoms with Crippen LogP contribution >= 0.6 is 11.3 Å². The highest BCUT2D eigenvalue weighted by molar-refractivity contribution is 7.21. The van der Waals surface area contributed by atoms with Crippen molar-refractivity contribution >= 4 is 27.4 Å². The van der Waals surface area contributed by atoms with Crippen molar-refractivity contribution in [1.29, 1.82) is 0 Å². The van der Waals surface area contributed by atoms with E-state index in [9.17, 15) is 0 Å². The second kappa shape index (κ2) is 3.55. The lowest BCUT2D eigenvalue weighted by Gasteiger charge is -1.96. The number of nitrogens with one attached hydrogen (secondary N) is 1. The Bertz CT molecular complexity index is 691. The maximum absolute atomic E-state index is 6.01. The predicted octanol–water partition coefficient (Wildman–Crippen LogP) is 3.15. The molecule has 1 aliphatic carbocycles. The summed E-state index contributed by atoms with van der Waals surface area (Å²) < 4.78 is 1.19. The number of para-hydroxylation sites is 1. The van der Waals surface area contributed by atoms with E-state index in [-0.39, 0.29) is 0 Å². The number of anilines is 1. The highest BCUT2D eigenvalue weighted by Gasteiger charge is 2.31. The second-order valence-electron chi connectivity index (χ2n) is 4.66. The molecular weight excluding hydrogens is 244 g/mol. The van der Waals surface area contributed by atoms with Gasteiger partial charge in [-0.1, -0.05) is 12.1 Å². The molecule has 2 heterocycles. The van der Waals surface area contributed by atoms with E-state index in [2.05, 4.69) is 21.2 Å². The number of H-pyrrole nitrogens is 1. The van der Waals surface area contributed by atoms with Gasteiger partial charge in [0.05, 0.1) is 21.5 Å². The molecule has 0 aliphatic heterocycles. The van der Waals surface area contributed by atoms with Gasteiger partial charge in [0.2, 0.25) is 0 Å². The molecule has 1 saturated carbocycles. The van der Waals surface area contributed by atoms with Crippen molar-refractivity contribution in [3.8, 4) is 10.6 Å². The highest BCUT2D eigenvalue weighted by Crippen LogP contribution is 2.46. The molecule has 5 heteroatoms. The molecule has 3 aromatic rings. The average Bonchev–Trinajstić information content (AvgIpc) is 3.01. The normalized spacial score (nSPS) is 15.3. The average molecular weight is 256 g/mol. The molecule has 4 rings (SSSR count). The first kappa shape index (κ1) is 10.1. The van der Waals surface area contributed by atoms with Crippen molar-refractivity contribution in [2.75, 3.05) is 5.73 Å². The molecular formula is C13H12N4S. The van der Waals surface area contributed by atoms with Crippen molar-refractivity contribution < 1.29 is 0 Å².